The maximum Gasteiger partial charge on any atom is 0.279 e. The van der Waals surface area contributed by atoms with Crippen molar-refractivity contribution in [3.8, 4) is 16.9 Å². The highest BCUT2D eigenvalue weighted by atomic mass is 32.1. The zero-order valence-electron chi connectivity index (χ0n) is 9.29. The van der Waals surface area contributed by atoms with Crippen molar-refractivity contribution in [2.75, 3.05) is 7.11 Å². The van der Waals surface area contributed by atoms with Crippen LogP contribution in [-0.4, -0.2) is 11.3 Å². The first-order chi connectivity index (χ1) is 8.22. The summed E-state index contributed by atoms with van der Waals surface area (Å²) in [5.41, 5.74) is 2.41. The first-order valence-corrected chi connectivity index (χ1v) is 5.46. The van der Waals surface area contributed by atoms with Crippen molar-refractivity contribution in [3.63, 3.8) is 0 Å². The minimum absolute atomic E-state index is 0.349. The smallest absolute Gasteiger partial charge is 0.279 e. The van der Waals surface area contributed by atoms with Crippen molar-refractivity contribution in [1.29, 1.82) is 0 Å². The molecule has 0 fully saturated rings. The lowest BCUT2D eigenvalue weighted by Gasteiger charge is -2.06. The first kappa shape index (κ1) is 11.5. The van der Waals surface area contributed by atoms with Crippen LogP contribution < -0.4 is 4.74 Å². The molecule has 3 nitrogen and oxygen atoms in total. The summed E-state index contributed by atoms with van der Waals surface area (Å²) in [5.74, 6) is 0.483. The van der Waals surface area contributed by atoms with Crippen LogP contribution in [0.2, 0.25) is 0 Å². The van der Waals surface area contributed by atoms with Crippen molar-refractivity contribution in [1.82, 2.24) is 0 Å². The molecule has 2 aromatic carbocycles. The summed E-state index contributed by atoms with van der Waals surface area (Å²) in [6.07, 6.45) is 0. The van der Waals surface area contributed by atoms with E-state index >= 15 is 0 Å². The normalized spacial score (nSPS) is 9.94. The number of nitroso groups, excluding NO2 is 1. The minimum Gasteiger partial charge on any atom is -0.490 e. The zero-order valence-corrected chi connectivity index (χ0v) is 10.1. The average Bonchev–Trinajstić information content (AvgIpc) is 2.39. The van der Waals surface area contributed by atoms with Crippen LogP contribution in [0.5, 0.6) is 5.75 Å². The highest BCUT2D eigenvalue weighted by Crippen LogP contribution is 2.31. The lowest BCUT2D eigenvalue weighted by Crippen LogP contribution is -1.94. The second kappa shape index (κ2) is 4.93. The van der Waals surface area contributed by atoms with Gasteiger partial charge in [-0.15, -0.1) is 0 Å². The molecule has 0 bridgehead atoms. The topological polar surface area (TPSA) is 29.3 Å². The fourth-order valence-corrected chi connectivity index (χ4v) is 1.79. The lowest BCUT2D eigenvalue weighted by molar-refractivity contribution is -0.264. The number of ether oxygens (including phenoxy) is 1. The van der Waals surface area contributed by atoms with Gasteiger partial charge in [0.1, 0.15) is 0 Å². The molecule has 17 heavy (non-hydrogen) atoms. The van der Waals surface area contributed by atoms with Gasteiger partial charge in [-0.25, -0.2) is 0 Å². The van der Waals surface area contributed by atoms with Crippen molar-refractivity contribution in [2.45, 2.75) is 0 Å². The van der Waals surface area contributed by atoms with Gasteiger partial charge in [-0.3, -0.25) is 0 Å². The van der Waals surface area contributed by atoms with Crippen LogP contribution in [-0.2, 0) is 12.8 Å². The molecule has 0 aliphatic rings. The highest BCUT2D eigenvalue weighted by Gasteiger charge is 2.12. The Labute approximate surface area is 105 Å². The van der Waals surface area contributed by atoms with E-state index in [1.807, 2.05) is 42.5 Å². The Hall–Kier alpha value is -1.94. The molecule has 0 saturated carbocycles. The Morgan fingerprint density at radius 1 is 1.06 bits per heavy atom. The molecule has 0 N–H and O–H groups in total. The van der Waals surface area contributed by atoms with E-state index in [9.17, 15) is 4.91 Å². The Bertz CT molecular complexity index is 540. The van der Waals surface area contributed by atoms with Gasteiger partial charge < -0.3 is 17.6 Å². The Balaban J connectivity index is 2.49. The van der Waals surface area contributed by atoms with Gasteiger partial charge in [-0.2, -0.15) is 0 Å². The lowest BCUT2D eigenvalue weighted by atomic mass is 10.1. The SMILES string of the molecule is COc1cc(-c2ccccc2)ccc1[N+](=O)[S-]. The van der Waals surface area contributed by atoms with Gasteiger partial charge in [0, 0.05) is 11.0 Å². The summed E-state index contributed by atoms with van der Waals surface area (Å²) in [6, 6.07) is 15.2. The summed E-state index contributed by atoms with van der Waals surface area (Å²) >= 11 is 4.56. The largest absolute Gasteiger partial charge is 0.490 e. The number of rotatable bonds is 3. The van der Waals surface area contributed by atoms with Crippen LogP contribution in [0.25, 0.3) is 11.1 Å². The van der Waals surface area contributed by atoms with Gasteiger partial charge >= 0.3 is 0 Å². The van der Waals surface area contributed by atoms with E-state index in [1.54, 1.807) is 6.07 Å². The third-order valence-electron chi connectivity index (χ3n) is 2.48. The van der Waals surface area contributed by atoms with E-state index in [4.69, 9.17) is 4.74 Å². The molecule has 2 aromatic rings. The van der Waals surface area contributed by atoms with Crippen LogP contribution in [0.4, 0.5) is 5.69 Å². The molecule has 0 unspecified atom stereocenters. The maximum atomic E-state index is 11.1. The van der Waals surface area contributed by atoms with Gasteiger partial charge in [0.25, 0.3) is 5.69 Å². The van der Waals surface area contributed by atoms with E-state index in [2.05, 4.69) is 12.8 Å². The predicted molar refractivity (Wildman–Crippen MR) is 69.1 cm³/mol. The molecule has 86 valence electrons. The Kier molecular flexibility index (Phi) is 3.35. The fraction of sp³-hybridized carbons (Fsp3) is 0.0769. The number of hydrogen-bond acceptors (Lipinski definition) is 3. The molecular weight excluding hydrogens is 234 g/mol. The second-order valence-electron chi connectivity index (χ2n) is 3.51. The summed E-state index contributed by atoms with van der Waals surface area (Å²) in [4.78, 5) is 11.1. The van der Waals surface area contributed by atoms with Crippen LogP contribution in [0.1, 0.15) is 0 Å². The van der Waals surface area contributed by atoms with Crippen LogP contribution >= 0.6 is 0 Å². The molecule has 0 saturated heterocycles. The second-order valence-corrected chi connectivity index (χ2v) is 3.84. The third-order valence-corrected chi connectivity index (χ3v) is 2.68. The summed E-state index contributed by atoms with van der Waals surface area (Å²) < 4.78 is 5.54. The van der Waals surface area contributed by atoms with Crippen LogP contribution in [0.3, 0.4) is 0 Å². The summed E-state index contributed by atoms with van der Waals surface area (Å²) in [5, 5.41) is 0. The number of hydrogen-bond donors (Lipinski definition) is 0. The molecule has 2 rings (SSSR count). The van der Waals surface area contributed by atoms with Gasteiger partial charge in [-0.05, 0) is 23.3 Å². The van der Waals surface area contributed by atoms with Gasteiger partial charge in [0.2, 0.25) is 0 Å². The zero-order chi connectivity index (χ0) is 12.3. The third kappa shape index (κ3) is 2.42. The molecule has 0 heterocycles. The molecule has 0 aliphatic carbocycles. The van der Waals surface area contributed by atoms with Crippen molar-refractivity contribution in [3.05, 3.63) is 53.4 Å². The molecule has 0 atom stereocenters. The highest BCUT2D eigenvalue weighted by molar-refractivity contribution is 7.51. The molecule has 0 aliphatic heterocycles. The summed E-state index contributed by atoms with van der Waals surface area (Å²) in [7, 11) is 1.52. The minimum atomic E-state index is 0.349. The summed E-state index contributed by atoms with van der Waals surface area (Å²) in [6.45, 7) is 0. The quantitative estimate of drug-likeness (QED) is 0.614. The maximum absolute atomic E-state index is 11.1. The first-order valence-electron chi connectivity index (χ1n) is 5.10. The van der Waals surface area contributed by atoms with E-state index in [0.29, 0.717) is 15.6 Å². The molecule has 0 radical (unpaired) electrons. The van der Waals surface area contributed by atoms with Gasteiger partial charge in [0.15, 0.2) is 5.75 Å². The molecular formula is C13H11NO2S. The average molecular weight is 245 g/mol. The van der Waals surface area contributed by atoms with Crippen molar-refractivity contribution in [2.24, 2.45) is 0 Å². The molecule has 0 spiro atoms. The van der Waals surface area contributed by atoms with E-state index in [-0.39, 0.29) is 0 Å². The van der Waals surface area contributed by atoms with E-state index in [0.717, 1.165) is 11.1 Å². The van der Waals surface area contributed by atoms with Crippen molar-refractivity contribution >= 4 is 18.5 Å². The predicted octanol–water partition coefficient (Wildman–Crippen LogP) is 3.23. The number of benzene rings is 2. The van der Waals surface area contributed by atoms with Gasteiger partial charge in [-0.1, -0.05) is 34.5 Å². The molecule has 0 aromatic heterocycles. The number of nitrogens with zero attached hydrogens (tertiary/aromatic N) is 1. The monoisotopic (exact) mass is 245 g/mol. The van der Waals surface area contributed by atoms with E-state index in [1.165, 1.54) is 7.11 Å². The Morgan fingerprint density at radius 3 is 2.35 bits per heavy atom. The number of methoxy groups -OCH3 is 1. The molecule has 0 amide bonds. The van der Waals surface area contributed by atoms with E-state index < -0.39 is 0 Å². The van der Waals surface area contributed by atoms with Crippen LogP contribution in [0.15, 0.2) is 48.5 Å². The Morgan fingerprint density at radius 2 is 1.76 bits per heavy atom. The van der Waals surface area contributed by atoms with Crippen LogP contribution in [0, 0.1) is 4.91 Å². The standard InChI is InChI=1S/C13H11NO2S/c1-16-13-9-11(7-8-12(13)14(15)17)10-5-3-2-4-6-10/h2-9H,1H3. The van der Waals surface area contributed by atoms with Gasteiger partial charge in [0.05, 0.1) is 7.11 Å². The fourth-order valence-electron chi connectivity index (χ4n) is 1.64. The van der Waals surface area contributed by atoms with Crippen molar-refractivity contribution < 1.29 is 8.90 Å². The molecule has 4 heteroatoms.